The first-order chi connectivity index (χ1) is 12.6. The number of benzene rings is 2. The van der Waals surface area contributed by atoms with Crippen molar-refractivity contribution in [2.45, 2.75) is 32.0 Å². The highest BCUT2D eigenvalue weighted by Gasteiger charge is 2.51. The minimum absolute atomic E-state index is 0.181. The molecule has 26 heavy (non-hydrogen) atoms. The Kier molecular flexibility index (Phi) is 4.55. The number of halogens is 1. The monoisotopic (exact) mass is 370 g/mol. The lowest BCUT2D eigenvalue weighted by Crippen LogP contribution is -2.27. The summed E-state index contributed by atoms with van der Waals surface area (Å²) < 4.78 is 5.20. The van der Waals surface area contributed by atoms with Crippen LogP contribution in [0.25, 0.3) is 0 Å². The van der Waals surface area contributed by atoms with E-state index in [-0.39, 0.29) is 12.5 Å². The molecule has 2 aromatic rings. The van der Waals surface area contributed by atoms with E-state index in [1.54, 1.807) is 12.1 Å². The first-order valence-electron chi connectivity index (χ1n) is 8.65. The summed E-state index contributed by atoms with van der Waals surface area (Å²) in [4.78, 5) is 25.7. The molecule has 0 radical (unpaired) electrons. The van der Waals surface area contributed by atoms with Gasteiger partial charge in [-0.1, -0.05) is 35.9 Å². The lowest BCUT2D eigenvalue weighted by molar-refractivity contribution is -0.129. The number of piperidine rings is 1. The van der Waals surface area contributed by atoms with Crippen molar-refractivity contribution in [1.29, 1.82) is 0 Å². The third-order valence-electron chi connectivity index (χ3n) is 4.88. The van der Waals surface area contributed by atoms with Gasteiger partial charge in [0.25, 0.3) is 0 Å². The van der Waals surface area contributed by atoms with Gasteiger partial charge in [0.2, 0.25) is 5.91 Å². The zero-order valence-electron chi connectivity index (χ0n) is 14.2. The zero-order chi connectivity index (χ0) is 18.1. The smallest absolute Gasteiger partial charge is 0.411 e. The van der Waals surface area contributed by atoms with E-state index < -0.39 is 6.09 Å². The van der Waals surface area contributed by atoms with E-state index in [0.29, 0.717) is 35.6 Å². The summed E-state index contributed by atoms with van der Waals surface area (Å²) in [7, 11) is 0. The predicted octanol–water partition coefficient (Wildman–Crippen LogP) is 4.21. The average molecular weight is 371 g/mol. The Morgan fingerprint density at radius 3 is 2.46 bits per heavy atom. The second-order valence-corrected chi connectivity index (χ2v) is 7.25. The van der Waals surface area contributed by atoms with Crippen LogP contribution in [0.2, 0.25) is 5.02 Å². The van der Waals surface area contributed by atoms with Gasteiger partial charge in [-0.25, -0.2) is 4.79 Å². The molecule has 134 valence electrons. The summed E-state index contributed by atoms with van der Waals surface area (Å²) in [5.74, 6) is 0.832. The van der Waals surface area contributed by atoms with Crippen LogP contribution in [0.4, 0.5) is 10.5 Å². The second kappa shape index (κ2) is 7.00. The summed E-state index contributed by atoms with van der Waals surface area (Å²) in [6, 6.07) is 15.1. The number of fused-ring (bicyclic) bond motifs is 1. The second-order valence-electron chi connectivity index (χ2n) is 6.81. The zero-order valence-corrected chi connectivity index (χ0v) is 14.9. The van der Waals surface area contributed by atoms with E-state index >= 15 is 0 Å². The van der Waals surface area contributed by atoms with Gasteiger partial charge < -0.3 is 9.64 Å². The molecule has 1 N–H and O–H groups in total. The van der Waals surface area contributed by atoms with Crippen LogP contribution in [0.15, 0.2) is 48.5 Å². The molecular weight excluding hydrogens is 352 g/mol. The van der Waals surface area contributed by atoms with Crippen LogP contribution in [-0.4, -0.2) is 22.9 Å². The van der Waals surface area contributed by atoms with Crippen molar-refractivity contribution in [2.24, 2.45) is 5.92 Å². The molecule has 2 atom stereocenters. The predicted molar refractivity (Wildman–Crippen MR) is 98.8 cm³/mol. The fourth-order valence-corrected chi connectivity index (χ4v) is 3.46. The van der Waals surface area contributed by atoms with Crippen molar-refractivity contribution >= 4 is 29.3 Å². The highest BCUT2D eigenvalue weighted by Crippen LogP contribution is 2.45. The maximum Gasteiger partial charge on any atom is 0.411 e. The quantitative estimate of drug-likeness (QED) is 0.857. The standard InChI is InChI=1S/C20H19ClN2O3/c21-16-5-1-14(2-6-16)12-26-20(25)22-17-7-3-13(4-8-17)11-23-18-9-15(18)10-19(23)24/h1-8,15,18H,9-12H2,(H,22,25). The third-order valence-corrected chi connectivity index (χ3v) is 5.13. The number of carbonyl (C=O) groups excluding carboxylic acids is 2. The highest BCUT2D eigenvalue weighted by atomic mass is 35.5. The van der Waals surface area contributed by atoms with E-state index in [9.17, 15) is 9.59 Å². The molecular formula is C20H19ClN2O3. The van der Waals surface area contributed by atoms with Crippen LogP contribution in [0.3, 0.4) is 0 Å². The molecule has 2 aliphatic rings. The van der Waals surface area contributed by atoms with Crippen molar-refractivity contribution in [2.75, 3.05) is 5.32 Å². The Bertz CT molecular complexity index is 820. The molecule has 1 heterocycles. The number of likely N-dealkylation sites (tertiary alicyclic amines) is 1. The number of hydrogen-bond donors (Lipinski definition) is 1. The molecule has 2 amide bonds. The number of rotatable bonds is 5. The minimum Gasteiger partial charge on any atom is -0.444 e. The van der Waals surface area contributed by atoms with Crippen molar-refractivity contribution in [3.63, 3.8) is 0 Å². The van der Waals surface area contributed by atoms with Gasteiger partial charge in [0.15, 0.2) is 0 Å². The van der Waals surface area contributed by atoms with Crippen LogP contribution >= 0.6 is 11.6 Å². The average Bonchev–Trinajstić information content (AvgIpc) is 3.32. The molecule has 1 aliphatic heterocycles. The lowest BCUT2D eigenvalue weighted by Gasteiger charge is -2.18. The summed E-state index contributed by atoms with van der Waals surface area (Å²) >= 11 is 5.82. The molecule has 2 unspecified atom stereocenters. The van der Waals surface area contributed by atoms with Gasteiger partial charge in [-0.2, -0.15) is 0 Å². The summed E-state index contributed by atoms with van der Waals surface area (Å²) in [5.41, 5.74) is 2.59. The number of hydrogen-bond acceptors (Lipinski definition) is 3. The third kappa shape index (κ3) is 3.83. The first kappa shape index (κ1) is 16.9. The van der Waals surface area contributed by atoms with E-state index in [2.05, 4.69) is 5.32 Å². The van der Waals surface area contributed by atoms with Crippen LogP contribution in [-0.2, 0) is 22.7 Å². The Balaban J connectivity index is 1.27. The lowest BCUT2D eigenvalue weighted by atomic mass is 10.2. The SMILES string of the molecule is O=C(Nc1ccc(CN2C(=O)CC3CC32)cc1)OCc1ccc(Cl)cc1. The number of ether oxygens (including phenoxy) is 1. The molecule has 6 heteroatoms. The molecule has 1 aliphatic carbocycles. The summed E-state index contributed by atoms with van der Waals surface area (Å²) in [5, 5.41) is 3.35. The highest BCUT2D eigenvalue weighted by molar-refractivity contribution is 6.30. The van der Waals surface area contributed by atoms with Crippen LogP contribution in [0.1, 0.15) is 24.0 Å². The Morgan fingerprint density at radius 1 is 1.12 bits per heavy atom. The van der Waals surface area contributed by atoms with Crippen LogP contribution < -0.4 is 5.32 Å². The van der Waals surface area contributed by atoms with Gasteiger partial charge >= 0.3 is 6.09 Å². The molecule has 4 rings (SSSR count). The molecule has 2 aromatic carbocycles. The molecule has 2 fully saturated rings. The van der Waals surface area contributed by atoms with Crippen molar-refractivity contribution in [1.82, 2.24) is 4.90 Å². The molecule has 0 aromatic heterocycles. The molecule has 1 saturated heterocycles. The normalized spacial score (nSPS) is 20.7. The first-order valence-corrected chi connectivity index (χ1v) is 9.03. The number of amides is 2. The van der Waals surface area contributed by atoms with Crippen molar-refractivity contribution in [3.05, 3.63) is 64.7 Å². The van der Waals surface area contributed by atoms with E-state index in [1.807, 2.05) is 41.3 Å². The number of nitrogens with zero attached hydrogens (tertiary/aromatic N) is 1. The Hall–Kier alpha value is -2.53. The van der Waals surface area contributed by atoms with Crippen molar-refractivity contribution in [3.8, 4) is 0 Å². The topological polar surface area (TPSA) is 58.6 Å². The van der Waals surface area contributed by atoms with E-state index in [4.69, 9.17) is 16.3 Å². The minimum atomic E-state index is -0.511. The maximum atomic E-state index is 11.9. The Morgan fingerprint density at radius 2 is 1.81 bits per heavy atom. The Labute approximate surface area is 156 Å². The van der Waals surface area contributed by atoms with Crippen LogP contribution in [0, 0.1) is 5.92 Å². The van der Waals surface area contributed by atoms with E-state index in [1.165, 1.54) is 0 Å². The number of nitrogens with one attached hydrogen (secondary N) is 1. The maximum absolute atomic E-state index is 11.9. The summed E-state index contributed by atoms with van der Waals surface area (Å²) in [6.07, 6.45) is 1.33. The number of anilines is 1. The van der Waals surface area contributed by atoms with Gasteiger partial charge in [-0.3, -0.25) is 10.1 Å². The molecule has 5 nitrogen and oxygen atoms in total. The fourth-order valence-electron chi connectivity index (χ4n) is 3.34. The molecule has 0 spiro atoms. The van der Waals surface area contributed by atoms with Gasteiger partial charge in [-0.05, 0) is 47.7 Å². The van der Waals surface area contributed by atoms with Crippen molar-refractivity contribution < 1.29 is 14.3 Å². The largest absolute Gasteiger partial charge is 0.444 e. The van der Waals surface area contributed by atoms with Crippen LogP contribution in [0.5, 0.6) is 0 Å². The van der Waals surface area contributed by atoms with Gasteiger partial charge in [0, 0.05) is 29.7 Å². The summed E-state index contributed by atoms with van der Waals surface area (Å²) in [6.45, 7) is 0.821. The van der Waals surface area contributed by atoms with Gasteiger partial charge in [-0.15, -0.1) is 0 Å². The molecule has 0 bridgehead atoms. The fraction of sp³-hybridized carbons (Fsp3) is 0.300. The molecule has 1 saturated carbocycles. The number of carbonyl (C=O) groups is 2. The van der Waals surface area contributed by atoms with Gasteiger partial charge in [0.05, 0.1) is 0 Å². The van der Waals surface area contributed by atoms with Gasteiger partial charge in [0.1, 0.15) is 6.61 Å². The van der Waals surface area contributed by atoms with E-state index in [0.717, 1.165) is 17.5 Å².